The Labute approximate surface area is 185 Å². The predicted octanol–water partition coefficient (Wildman–Crippen LogP) is 7.75. The molecule has 0 saturated heterocycles. The Morgan fingerprint density at radius 2 is 1.33 bits per heavy atom. The van der Waals surface area contributed by atoms with Crippen LogP contribution in [0.4, 0.5) is 0 Å². The molecule has 0 saturated carbocycles. The second-order valence-electron chi connectivity index (χ2n) is 10.5. The number of fused-ring (bicyclic) bond motifs is 1. The summed E-state index contributed by atoms with van der Waals surface area (Å²) in [6.45, 7) is 18.6. The summed E-state index contributed by atoms with van der Waals surface area (Å²) in [5.74, 6) is 0. The van der Waals surface area contributed by atoms with E-state index in [0.29, 0.717) is 5.54 Å². The Balaban J connectivity index is 1.69. The molecule has 1 unspecified atom stereocenters. The van der Waals surface area contributed by atoms with Gasteiger partial charge in [0.2, 0.25) is 0 Å². The van der Waals surface area contributed by atoms with E-state index in [0.717, 1.165) is 5.54 Å². The zero-order valence-electron chi connectivity index (χ0n) is 20.0. The number of hydrogen-bond acceptors (Lipinski definition) is 0. The first-order chi connectivity index (χ1) is 14.1. The third-order valence-corrected chi connectivity index (χ3v) is 11.0. The van der Waals surface area contributed by atoms with Gasteiger partial charge in [-0.25, -0.2) is 0 Å². The lowest BCUT2D eigenvalue weighted by Gasteiger charge is -2.22. The number of benzene rings is 2. The zero-order valence-corrected chi connectivity index (χ0v) is 21.4. The molecule has 0 nitrogen and oxygen atoms in total. The van der Waals surface area contributed by atoms with Gasteiger partial charge < -0.3 is 0 Å². The van der Waals surface area contributed by atoms with Crippen molar-refractivity contribution in [3.63, 3.8) is 0 Å². The van der Waals surface area contributed by atoms with Crippen LogP contribution in [0.25, 0.3) is 17.2 Å². The van der Waals surface area contributed by atoms with E-state index in [1.807, 2.05) is 0 Å². The average Bonchev–Trinajstić information content (AvgIpc) is 3.12. The average molecular weight is 413 g/mol. The summed E-state index contributed by atoms with van der Waals surface area (Å²) < 4.78 is 0. The smallest absolute Gasteiger partial charge is 0.0470 e. The molecule has 0 spiro atoms. The van der Waals surface area contributed by atoms with Crippen LogP contribution < -0.4 is 0 Å². The van der Waals surface area contributed by atoms with Gasteiger partial charge in [0.05, 0.1) is 0 Å². The van der Waals surface area contributed by atoms with E-state index in [4.69, 9.17) is 0 Å². The Bertz CT molecular complexity index is 1060. The molecule has 2 aliphatic carbocycles. The van der Waals surface area contributed by atoms with E-state index in [-0.39, 0.29) is 14.9 Å². The molecule has 4 rings (SSSR count). The minimum Gasteiger partial charge on any atom is -0.0685 e. The van der Waals surface area contributed by atoms with Crippen molar-refractivity contribution in [3.05, 3.63) is 87.0 Å². The van der Waals surface area contributed by atoms with Crippen molar-refractivity contribution >= 4 is 15.6 Å². The van der Waals surface area contributed by atoms with Gasteiger partial charge in [0.15, 0.2) is 0 Å². The minimum absolute atomic E-state index is 0.193. The molecule has 30 heavy (non-hydrogen) atoms. The molecule has 2 aromatic carbocycles. The van der Waals surface area contributed by atoms with Gasteiger partial charge in [-0.2, -0.15) is 0 Å². The van der Waals surface area contributed by atoms with E-state index in [2.05, 4.69) is 104 Å². The fourth-order valence-corrected chi connectivity index (χ4v) is 8.25. The van der Waals surface area contributed by atoms with E-state index in [9.17, 15) is 0 Å². The third kappa shape index (κ3) is 3.48. The van der Waals surface area contributed by atoms with Gasteiger partial charge in [-0.1, -0.05) is 86.0 Å². The molecule has 0 amide bonds. The first-order valence-electron chi connectivity index (χ1n) is 11.4. The standard InChI is InChI=1S/C29H36Si/c1-17-16-26-24(22-12-14-23(15-13-22)29(6,7)8)10-9-11-25(26)27(17)30-28-20(4)18(2)19(3)21(28)5/h9-16,27-28H,30H2,1-8H3. The Kier molecular flexibility index (Phi) is 5.30. The van der Waals surface area contributed by atoms with Crippen LogP contribution in [-0.2, 0) is 5.41 Å². The summed E-state index contributed by atoms with van der Waals surface area (Å²) >= 11 is 0. The molecular formula is C29H36Si. The maximum atomic E-state index is 2.48. The summed E-state index contributed by atoms with van der Waals surface area (Å²) in [4.78, 5) is 0. The highest BCUT2D eigenvalue weighted by Gasteiger charge is 2.32. The molecule has 1 heteroatoms. The molecule has 0 N–H and O–H groups in total. The molecule has 0 aliphatic heterocycles. The van der Waals surface area contributed by atoms with E-state index < -0.39 is 0 Å². The predicted molar refractivity (Wildman–Crippen MR) is 136 cm³/mol. The van der Waals surface area contributed by atoms with Crippen molar-refractivity contribution in [2.45, 2.75) is 71.9 Å². The normalized spacial score (nSPS) is 20.0. The molecule has 0 heterocycles. The third-order valence-electron chi connectivity index (χ3n) is 7.76. The molecule has 2 aromatic rings. The van der Waals surface area contributed by atoms with Crippen LogP contribution in [0.3, 0.4) is 0 Å². The Morgan fingerprint density at radius 1 is 0.733 bits per heavy atom. The molecule has 1 atom stereocenters. The molecule has 0 aromatic heterocycles. The zero-order chi connectivity index (χ0) is 21.8. The lowest BCUT2D eigenvalue weighted by molar-refractivity contribution is 0.590. The highest BCUT2D eigenvalue weighted by molar-refractivity contribution is 6.44. The molecule has 0 fully saturated rings. The van der Waals surface area contributed by atoms with E-state index >= 15 is 0 Å². The lowest BCUT2D eigenvalue weighted by atomic mass is 9.86. The van der Waals surface area contributed by atoms with Crippen molar-refractivity contribution in [2.24, 2.45) is 0 Å². The summed E-state index contributed by atoms with van der Waals surface area (Å²) in [5, 5.41) is 0. The van der Waals surface area contributed by atoms with Gasteiger partial charge in [-0.05, 0) is 90.1 Å². The van der Waals surface area contributed by atoms with Gasteiger partial charge >= 0.3 is 0 Å². The maximum Gasteiger partial charge on any atom is 0.0470 e. The van der Waals surface area contributed by atoms with Crippen LogP contribution in [0.5, 0.6) is 0 Å². The van der Waals surface area contributed by atoms with Gasteiger partial charge in [-0.3, -0.25) is 0 Å². The Morgan fingerprint density at radius 3 is 1.90 bits per heavy atom. The molecule has 0 bridgehead atoms. The van der Waals surface area contributed by atoms with Crippen molar-refractivity contribution in [1.29, 1.82) is 0 Å². The van der Waals surface area contributed by atoms with Crippen LogP contribution in [0.2, 0.25) is 5.54 Å². The lowest BCUT2D eigenvalue weighted by Crippen LogP contribution is -2.15. The van der Waals surface area contributed by atoms with Crippen LogP contribution in [0.15, 0.2) is 70.3 Å². The minimum atomic E-state index is -0.355. The van der Waals surface area contributed by atoms with Crippen molar-refractivity contribution in [1.82, 2.24) is 0 Å². The first-order valence-corrected chi connectivity index (χ1v) is 13.0. The molecular weight excluding hydrogens is 376 g/mol. The molecule has 156 valence electrons. The number of allylic oxidation sites excluding steroid dienone is 5. The highest BCUT2D eigenvalue weighted by atomic mass is 28.2. The van der Waals surface area contributed by atoms with Gasteiger partial charge in [0, 0.05) is 9.52 Å². The summed E-state index contributed by atoms with van der Waals surface area (Å²) in [7, 11) is -0.355. The maximum absolute atomic E-state index is 2.48. The monoisotopic (exact) mass is 412 g/mol. The van der Waals surface area contributed by atoms with Gasteiger partial charge in [0.25, 0.3) is 0 Å². The van der Waals surface area contributed by atoms with Crippen LogP contribution in [0.1, 0.15) is 77.6 Å². The first kappa shape index (κ1) is 21.1. The van der Waals surface area contributed by atoms with Gasteiger partial charge in [0.1, 0.15) is 0 Å². The summed E-state index contributed by atoms with van der Waals surface area (Å²) in [6.07, 6.45) is 2.48. The Hall–Kier alpha value is -2.12. The SMILES string of the molecule is CC1=Cc2c(-c3ccc(C(C)(C)C)cc3)cccc2C1[SiH2]C1C(C)=C(C)C(C)=C1C. The van der Waals surface area contributed by atoms with Crippen molar-refractivity contribution in [3.8, 4) is 11.1 Å². The molecule has 2 aliphatic rings. The van der Waals surface area contributed by atoms with Crippen LogP contribution in [0, 0.1) is 0 Å². The van der Waals surface area contributed by atoms with E-state index in [1.165, 1.54) is 33.4 Å². The van der Waals surface area contributed by atoms with Gasteiger partial charge in [-0.15, -0.1) is 0 Å². The number of rotatable bonds is 3. The van der Waals surface area contributed by atoms with Crippen molar-refractivity contribution < 1.29 is 0 Å². The topological polar surface area (TPSA) is 0 Å². The van der Waals surface area contributed by atoms with Crippen molar-refractivity contribution in [2.75, 3.05) is 0 Å². The second-order valence-corrected chi connectivity index (χ2v) is 12.6. The quantitative estimate of drug-likeness (QED) is 0.452. The fourth-order valence-electron chi connectivity index (χ4n) is 5.36. The highest BCUT2D eigenvalue weighted by Crippen LogP contribution is 2.47. The summed E-state index contributed by atoms with van der Waals surface area (Å²) in [5.41, 5.74) is 16.6. The fraction of sp³-hybridized carbons (Fsp3) is 0.379. The summed E-state index contributed by atoms with van der Waals surface area (Å²) in [6, 6.07) is 16.2. The largest absolute Gasteiger partial charge is 0.0685 e. The van der Waals surface area contributed by atoms with Crippen LogP contribution >= 0.6 is 0 Å². The molecule has 0 radical (unpaired) electrons. The van der Waals surface area contributed by atoms with Crippen LogP contribution in [-0.4, -0.2) is 9.52 Å². The number of hydrogen-bond donors (Lipinski definition) is 0. The van der Waals surface area contributed by atoms with E-state index in [1.54, 1.807) is 22.3 Å². The second kappa shape index (κ2) is 7.53.